The average molecular weight is 62.1 g/mol. The van der Waals surface area contributed by atoms with E-state index in [1.54, 1.807) is 0 Å². The van der Waals surface area contributed by atoms with E-state index in [1.165, 1.54) is 17.9 Å². The second kappa shape index (κ2) is 4.60. The van der Waals surface area contributed by atoms with Crippen LogP contribution in [0.4, 0.5) is 0 Å². The van der Waals surface area contributed by atoms with Gasteiger partial charge in [0.2, 0.25) is 0 Å². The van der Waals surface area contributed by atoms with Crippen LogP contribution in [0, 0.1) is 0 Å². The van der Waals surface area contributed by atoms with Gasteiger partial charge in [-0.1, -0.05) is 0 Å². The maximum atomic E-state index is 2.21. The Hall–Kier alpha value is 0.597. The van der Waals surface area contributed by atoms with Crippen molar-refractivity contribution < 1.29 is 0 Å². The van der Waals surface area contributed by atoms with E-state index in [2.05, 4.69) is 24.6 Å². The van der Waals surface area contributed by atoms with Gasteiger partial charge in [-0.3, -0.25) is 0 Å². The molecule has 0 nitrogen and oxygen atoms in total. The van der Waals surface area contributed by atoms with Crippen LogP contribution in [0.25, 0.3) is 0 Å². The molecule has 0 atom stereocenters. The molecule has 0 aliphatic rings. The molecule has 0 heterocycles. The van der Waals surface area contributed by atoms with E-state index in [9.17, 15) is 0 Å². The van der Waals surface area contributed by atoms with Gasteiger partial charge in [-0.15, -0.1) is 0 Å². The molecule has 0 spiro atoms. The summed E-state index contributed by atoms with van der Waals surface area (Å²) in [6.45, 7) is 2.21. The monoisotopic (exact) mass is 62.1 g/mol. The van der Waals surface area contributed by atoms with Crippen LogP contribution in [0.1, 0.15) is 19.8 Å². The Morgan fingerprint density at radius 1 is 1.60 bits per heavy atom. The van der Waals surface area contributed by atoms with Crippen molar-refractivity contribution in [2.24, 2.45) is 0 Å². The van der Waals surface area contributed by atoms with E-state index >= 15 is 0 Å². The fraction of sp³-hybridized carbons (Fsp3) is 1.00. The molecule has 0 fully saturated rings. The fourth-order valence-corrected chi connectivity index (χ4v) is 0.354. The van der Waals surface area contributed by atoms with Crippen molar-refractivity contribution in [1.82, 2.24) is 0 Å². The van der Waals surface area contributed by atoms with Gasteiger partial charge in [-0.2, -0.15) is 0 Å². The topological polar surface area (TPSA) is 0 Å². The first-order valence-corrected chi connectivity index (χ1v) is 2.41. The maximum absolute atomic E-state index is 2.21. The van der Waals surface area contributed by atoms with Gasteiger partial charge in [0.1, 0.15) is 0 Å². The minimum atomic E-state index is 1.34. The van der Waals surface area contributed by atoms with Crippen molar-refractivity contribution in [3.05, 3.63) is 0 Å². The Labute approximate surface area is 43.2 Å². The van der Waals surface area contributed by atoms with E-state index in [0.29, 0.717) is 0 Å². The molecule has 0 bridgehead atoms. The first kappa shape index (κ1) is 5.60. The van der Waals surface area contributed by atoms with Crippen LogP contribution >= 0.6 is 0 Å². The van der Waals surface area contributed by atoms with Crippen molar-refractivity contribution in [2.75, 3.05) is 0 Å². The van der Waals surface area contributed by atoms with Gasteiger partial charge in [0.05, 0.1) is 0 Å². The van der Waals surface area contributed by atoms with Crippen molar-refractivity contribution >= 4 is 17.7 Å². The molecule has 0 aliphatic heterocycles. The number of hydrogen-bond donors (Lipinski definition) is 0. The van der Waals surface area contributed by atoms with Crippen LogP contribution in [0.15, 0.2) is 0 Å². The molecular formula is C4H9Li. The Morgan fingerprint density at radius 2 is 2.20 bits per heavy atom. The molecule has 5 heavy (non-hydrogen) atoms. The summed E-state index contributed by atoms with van der Waals surface area (Å²) < 4.78 is 0. The summed E-state index contributed by atoms with van der Waals surface area (Å²) in [4.78, 5) is 0. The van der Waals surface area contributed by atoms with E-state index < -0.39 is 0 Å². The molecule has 0 rings (SSSR count). The van der Waals surface area contributed by atoms with Gasteiger partial charge in [0.15, 0.2) is 0 Å². The van der Waals surface area contributed by atoms with Crippen LogP contribution in [0.3, 0.4) is 0 Å². The zero-order valence-corrected chi connectivity index (χ0v) is 4.12. The number of rotatable bonds is 2. The van der Waals surface area contributed by atoms with Crippen molar-refractivity contribution in [1.29, 1.82) is 0 Å². The third-order valence-electron chi connectivity index (χ3n) is 0.707. The molecule has 0 aromatic rings. The normalized spacial score (nSPS) is 8.60. The Bertz CT molecular complexity index is 11.1. The third kappa shape index (κ3) is 4.60. The summed E-state index contributed by atoms with van der Waals surface area (Å²) in [6, 6.07) is 0. The molecule has 0 amide bonds. The summed E-state index contributed by atoms with van der Waals surface area (Å²) in [7, 11) is 0. The Kier molecular flexibility index (Phi) is 5.15. The molecule has 0 aromatic carbocycles. The quantitative estimate of drug-likeness (QED) is 0.424. The summed E-state index contributed by atoms with van der Waals surface area (Å²) in [5.74, 6) is 0. The van der Waals surface area contributed by atoms with Crippen molar-refractivity contribution in [2.45, 2.75) is 24.9 Å². The first-order chi connectivity index (χ1) is 2.41. The summed E-state index contributed by atoms with van der Waals surface area (Å²) in [6.07, 6.45) is 2.73. The summed E-state index contributed by atoms with van der Waals surface area (Å²) in [5, 5.41) is 1.34. The molecular weight excluding hydrogens is 53.1 g/mol. The third-order valence-corrected chi connectivity index (χ3v) is 0.707. The molecule has 1 heteroatoms. The molecule has 0 saturated carbocycles. The van der Waals surface area contributed by atoms with Crippen LogP contribution in [0.5, 0.6) is 0 Å². The molecule has 0 aliphatic carbocycles. The zero-order valence-electron chi connectivity index (χ0n) is 4.12. The average Bonchev–Trinajstić information content (AvgIpc) is 1.41. The molecule has 0 radical (unpaired) electrons. The van der Waals surface area contributed by atoms with Crippen molar-refractivity contribution in [3.8, 4) is 0 Å². The van der Waals surface area contributed by atoms with E-state index in [1.807, 2.05) is 0 Å². The number of hydrogen-bond acceptors (Lipinski definition) is 0. The predicted octanol–water partition coefficient (Wildman–Crippen LogP) is 1.37. The first-order valence-electron chi connectivity index (χ1n) is 2.41. The Balaban J connectivity index is 2.19. The standard InChI is InChI=1S/C4H9.Li/c1-3-4-2;/h1,3-4H2,2H3;/i;1-2. The van der Waals surface area contributed by atoms with Gasteiger partial charge in [0, 0.05) is 0 Å². The fourth-order valence-electron chi connectivity index (χ4n) is 0.354. The van der Waals surface area contributed by atoms with Crippen LogP contribution in [0.2, 0.25) is 5.09 Å². The van der Waals surface area contributed by atoms with Crippen LogP contribution in [-0.4, -0.2) is 17.7 Å². The summed E-state index contributed by atoms with van der Waals surface area (Å²) >= 11 is 2.21. The van der Waals surface area contributed by atoms with Crippen molar-refractivity contribution in [3.63, 3.8) is 0 Å². The molecule has 0 aromatic heterocycles. The zero-order chi connectivity index (χ0) is 4.12. The predicted molar refractivity (Wildman–Crippen MR) is 25.5 cm³/mol. The molecule has 0 N–H and O–H groups in total. The van der Waals surface area contributed by atoms with E-state index in [4.69, 9.17) is 0 Å². The number of unbranched alkanes of at least 4 members (excludes halogenated alkanes) is 1. The molecule has 0 unspecified atom stereocenters. The second-order valence-corrected chi connectivity index (χ2v) is 1.35. The van der Waals surface area contributed by atoms with Crippen LogP contribution < -0.4 is 0 Å². The van der Waals surface area contributed by atoms with Gasteiger partial charge >= 0.3 is 42.6 Å². The summed E-state index contributed by atoms with van der Waals surface area (Å²) in [5.41, 5.74) is 0. The SMILES string of the molecule is [5Li][CH2]CCC. The van der Waals surface area contributed by atoms with E-state index in [-0.39, 0.29) is 0 Å². The van der Waals surface area contributed by atoms with Gasteiger partial charge < -0.3 is 0 Å². The molecule has 26 valence electrons. The van der Waals surface area contributed by atoms with Gasteiger partial charge in [0.25, 0.3) is 0 Å². The molecule has 0 saturated heterocycles. The van der Waals surface area contributed by atoms with E-state index in [0.717, 1.165) is 0 Å². The van der Waals surface area contributed by atoms with Crippen LogP contribution in [-0.2, 0) is 0 Å². The van der Waals surface area contributed by atoms with Gasteiger partial charge in [-0.25, -0.2) is 0 Å². The minimum absolute atomic E-state index is 1.34. The van der Waals surface area contributed by atoms with Gasteiger partial charge in [-0.05, 0) is 0 Å². The second-order valence-electron chi connectivity index (χ2n) is 1.35. The Morgan fingerprint density at radius 3 is 2.20 bits per heavy atom.